The largest absolute Gasteiger partial charge is 0.385 e. The molecule has 22 heavy (non-hydrogen) atoms. The molecule has 1 aromatic carbocycles. The number of benzene rings is 1. The molecule has 0 unspecified atom stereocenters. The molecule has 0 saturated carbocycles. The Morgan fingerprint density at radius 2 is 2.14 bits per heavy atom. The molecule has 1 aromatic rings. The molecule has 0 spiro atoms. The molecular formula is C18H27NO2S. The van der Waals surface area contributed by atoms with Gasteiger partial charge in [-0.2, -0.15) is 11.8 Å². The summed E-state index contributed by atoms with van der Waals surface area (Å²) in [4.78, 5) is 14.6. The van der Waals surface area contributed by atoms with Crippen LogP contribution in [-0.4, -0.2) is 42.9 Å². The Labute approximate surface area is 138 Å². The number of nitrogens with zero attached hydrogens (tertiary/aromatic N) is 1. The van der Waals surface area contributed by atoms with E-state index in [4.69, 9.17) is 4.74 Å². The van der Waals surface area contributed by atoms with Gasteiger partial charge in [0.05, 0.1) is 0 Å². The molecule has 1 aliphatic heterocycles. The summed E-state index contributed by atoms with van der Waals surface area (Å²) in [5.41, 5.74) is 1.33. The van der Waals surface area contributed by atoms with E-state index in [1.807, 2.05) is 17.8 Å². The van der Waals surface area contributed by atoms with Crippen LogP contribution < -0.4 is 0 Å². The number of thioether (sulfide) groups is 1. The zero-order valence-electron chi connectivity index (χ0n) is 13.5. The molecule has 4 heteroatoms. The van der Waals surface area contributed by atoms with Crippen LogP contribution in [-0.2, 0) is 15.3 Å². The molecule has 1 heterocycles. The van der Waals surface area contributed by atoms with Gasteiger partial charge in [-0.25, -0.2) is 0 Å². The average Bonchev–Trinajstić information content (AvgIpc) is 2.58. The summed E-state index contributed by atoms with van der Waals surface area (Å²) in [6.07, 6.45) is 5.14. The Bertz CT molecular complexity index is 438. The summed E-state index contributed by atoms with van der Waals surface area (Å²) < 4.78 is 5.18. The van der Waals surface area contributed by atoms with Crippen molar-refractivity contribution in [1.82, 2.24) is 4.90 Å². The van der Waals surface area contributed by atoms with Crippen molar-refractivity contribution < 1.29 is 9.53 Å². The molecule has 1 fully saturated rings. The molecule has 2 rings (SSSR count). The molecular weight excluding hydrogens is 294 g/mol. The molecule has 0 radical (unpaired) electrons. The van der Waals surface area contributed by atoms with Crippen LogP contribution in [0.5, 0.6) is 0 Å². The summed E-state index contributed by atoms with van der Waals surface area (Å²) in [5.74, 6) is 2.21. The van der Waals surface area contributed by atoms with E-state index in [1.54, 1.807) is 7.11 Å². The van der Waals surface area contributed by atoms with E-state index in [2.05, 4.69) is 29.2 Å². The smallest absolute Gasteiger partial charge is 0.223 e. The van der Waals surface area contributed by atoms with Gasteiger partial charge in [0.2, 0.25) is 5.91 Å². The third-order valence-corrected chi connectivity index (χ3v) is 5.20. The summed E-state index contributed by atoms with van der Waals surface area (Å²) in [5, 5.41) is 0. The van der Waals surface area contributed by atoms with Gasteiger partial charge in [0, 0.05) is 44.2 Å². The Morgan fingerprint density at radius 3 is 2.91 bits per heavy atom. The Balaban J connectivity index is 1.70. The number of carbonyl (C=O) groups is 1. The van der Waals surface area contributed by atoms with E-state index in [-0.39, 0.29) is 0 Å². The van der Waals surface area contributed by atoms with Crippen molar-refractivity contribution in [3.8, 4) is 0 Å². The van der Waals surface area contributed by atoms with Crippen LogP contribution in [0, 0.1) is 0 Å². The molecule has 1 aliphatic rings. The van der Waals surface area contributed by atoms with Gasteiger partial charge in [0.1, 0.15) is 0 Å². The standard InChI is InChI=1S/C18H27NO2S/c1-21-13-10-17-9-5-6-12-19(17)18(20)11-14-22-15-16-7-3-2-4-8-16/h2-4,7-8,17H,5-6,9-15H2,1H3/t17-/m0/s1. The van der Waals surface area contributed by atoms with Gasteiger partial charge in [-0.1, -0.05) is 30.3 Å². The molecule has 3 nitrogen and oxygen atoms in total. The molecule has 122 valence electrons. The first-order chi connectivity index (χ1) is 10.8. The normalized spacial score (nSPS) is 18.4. The topological polar surface area (TPSA) is 29.5 Å². The lowest BCUT2D eigenvalue weighted by atomic mass is 9.99. The maximum atomic E-state index is 12.5. The second-order valence-corrected chi connectivity index (χ2v) is 6.91. The van der Waals surface area contributed by atoms with E-state index in [9.17, 15) is 4.79 Å². The Kier molecular flexibility index (Phi) is 7.81. The molecule has 1 saturated heterocycles. The minimum atomic E-state index is 0.321. The van der Waals surface area contributed by atoms with Crippen LogP contribution in [0.15, 0.2) is 30.3 Å². The first-order valence-corrected chi connectivity index (χ1v) is 9.37. The first-order valence-electron chi connectivity index (χ1n) is 8.21. The third-order valence-electron chi connectivity index (χ3n) is 4.17. The molecule has 1 amide bonds. The number of ether oxygens (including phenoxy) is 1. The third kappa shape index (κ3) is 5.65. The lowest BCUT2D eigenvalue weighted by Gasteiger charge is -2.36. The predicted octanol–water partition coefficient (Wildman–Crippen LogP) is 3.73. The van der Waals surface area contributed by atoms with Crippen molar-refractivity contribution in [3.05, 3.63) is 35.9 Å². The van der Waals surface area contributed by atoms with Crippen LogP contribution in [0.4, 0.5) is 0 Å². The number of methoxy groups -OCH3 is 1. The lowest BCUT2D eigenvalue weighted by molar-refractivity contribution is -0.134. The number of rotatable bonds is 8. The van der Waals surface area contributed by atoms with Gasteiger partial charge in [-0.05, 0) is 31.2 Å². The maximum absolute atomic E-state index is 12.5. The minimum absolute atomic E-state index is 0.321. The van der Waals surface area contributed by atoms with Crippen molar-refractivity contribution in [2.75, 3.05) is 26.0 Å². The summed E-state index contributed by atoms with van der Waals surface area (Å²) in [6, 6.07) is 10.8. The van der Waals surface area contributed by atoms with Crippen LogP contribution in [0.2, 0.25) is 0 Å². The minimum Gasteiger partial charge on any atom is -0.385 e. The van der Waals surface area contributed by atoms with Gasteiger partial charge in [-0.3, -0.25) is 4.79 Å². The zero-order chi connectivity index (χ0) is 15.6. The molecule has 0 aromatic heterocycles. The fraction of sp³-hybridized carbons (Fsp3) is 0.611. The van der Waals surface area contributed by atoms with Crippen molar-refractivity contribution in [2.24, 2.45) is 0 Å². The number of piperidine rings is 1. The average molecular weight is 321 g/mol. The van der Waals surface area contributed by atoms with Crippen molar-refractivity contribution in [1.29, 1.82) is 0 Å². The van der Waals surface area contributed by atoms with Crippen LogP contribution in [0.3, 0.4) is 0 Å². The van der Waals surface area contributed by atoms with Crippen LogP contribution in [0.1, 0.15) is 37.7 Å². The lowest BCUT2D eigenvalue weighted by Crippen LogP contribution is -2.44. The fourth-order valence-corrected chi connectivity index (χ4v) is 3.84. The highest BCUT2D eigenvalue weighted by atomic mass is 32.2. The Morgan fingerprint density at radius 1 is 1.32 bits per heavy atom. The molecule has 1 atom stereocenters. The summed E-state index contributed by atoms with van der Waals surface area (Å²) >= 11 is 1.85. The predicted molar refractivity (Wildman–Crippen MR) is 93.1 cm³/mol. The van der Waals surface area contributed by atoms with E-state index >= 15 is 0 Å². The zero-order valence-corrected chi connectivity index (χ0v) is 14.3. The molecule has 0 aliphatic carbocycles. The Hall–Kier alpha value is -1.00. The number of hydrogen-bond donors (Lipinski definition) is 0. The maximum Gasteiger partial charge on any atom is 0.223 e. The number of hydrogen-bond acceptors (Lipinski definition) is 3. The van der Waals surface area contributed by atoms with Gasteiger partial charge in [0.15, 0.2) is 0 Å². The summed E-state index contributed by atoms with van der Waals surface area (Å²) in [6.45, 7) is 1.67. The first kappa shape index (κ1) is 17.4. The van der Waals surface area contributed by atoms with E-state index in [1.165, 1.54) is 12.0 Å². The highest BCUT2D eigenvalue weighted by molar-refractivity contribution is 7.98. The SMILES string of the molecule is COCC[C@@H]1CCCCN1C(=O)CCSCc1ccccc1. The van der Waals surface area contributed by atoms with E-state index in [0.717, 1.165) is 43.9 Å². The van der Waals surface area contributed by atoms with Gasteiger partial charge in [-0.15, -0.1) is 0 Å². The second kappa shape index (κ2) is 9.90. The number of likely N-dealkylation sites (tertiary alicyclic amines) is 1. The van der Waals surface area contributed by atoms with Crippen molar-refractivity contribution in [2.45, 2.75) is 43.9 Å². The van der Waals surface area contributed by atoms with Crippen molar-refractivity contribution in [3.63, 3.8) is 0 Å². The van der Waals surface area contributed by atoms with E-state index in [0.29, 0.717) is 18.4 Å². The quantitative estimate of drug-likeness (QED) is 0.683. The van der Waals surface area contributed by atoms with Gasteiger partial charge in [0.25, 0.3) is 0 Å². The fourth-order valence-electron chi connectivity index (χ4n) is 2.95. The number of carbonyl (C=O) groups excluding carboxylic acids is 1. The summed E-state index contributed by atoms with van der Waals surface area (Å²) in [7, 11) is 1.73. The highest BCUT2D eigenvalue weighted by Crippen LogP contribution is 2.21. The van der Waals surface area contributed by atoms with Crippen LogP contribution in [0.25, 0.3) is 0 Å². The van der Waals surface area contributed by atoms with Gasteiger partial charge >= 0.3 is 0 Å². The molecule has 0 N–H and O–H groups in total. The highest BCUT2D eigenvalue weighted by Gasteiger charge is 2.25. The monoisotopic (exact) mass is 321 g/mol. The van der Waals surface area contributed by atoms with Gasteiger partial charge < -0.3 is 9.64 Å². The van der Waals surface area contributed by atoms with Crippen LogP contribution >= 0.6 is 11.8 Å². The molecule has 0 bridgehead atoms. The van der Waals surface area contributed by atoms with E-state index < -0.39 is 0 Å². The van der Waals surface area contributed by atoms with Crippen molar-refractivity contribution >= 4 is 17.7 Å². The number of amides is 1. The second-order valence-electron chi connectivity index (χ2n) is 5.81.